The highest BCUT2D eigenvalue weighted by Crippen LogP contribution is 2.27. The molecule has 1 aliphatic heterocycles. The summed E-state index contributed by atoms with van der Waals surface area (Å²) in [5, 5.41) is 8.53. The van der Waals surface area contributed by atoms with E-state index in [-0.39, 0.29) is 11.8 Å². The summed E-state index contributed by atoms with van der Waals surface area (Å²) in [4.78, 5) is 14.3. The molecule has 4 heterocycles. The molecule has 0 radical (unpaired) electrons. The standard InChI is InChI=1S/C16H16N4O2/c21-16(13-6-4-10-22-13)19-8-3-5-12(11-19)15-18-17-14-7-1-2-9-20(14)15/h1-2,4,6-7,9-10,12H,3,5,8,11H2/t12-/m1/s1. The van der Waals surface area contributed by atoms with Crippen molar-refractivity contribution in [1.82, 2.24) is 19.5 Å². The Morgan fingerprint density at radius 3 is 3.05 bits per heavy atom. The summed E-state index contributed by atoms with van der Waals surface area (Å²) in [5.74, 6) is 1.47. The Labute approximate surface area is 127 Å². The number of hydrogen-bond acceptors (Lipinski definition) is 4. The van der Waals surface area contributed by atoms with Crippen LogP contribution in [0.3, 0.4) is 0 Å². The van der Waals surface area contributed by atoms with Crippen molar-refractivity contribution in [1.29, 1.82) is 0 Å². The number of piperidine rings is 1. The van der Waals surface area contributed by atoms with Crippen LogP contribution in [-0.4, -0.2) is 38.5 Å². The molecule has 22 heavy (non-hydrogen) atoms. The highest BCUT2D eigenvalue weighted by molar-refractivity contribution is 5.91. The molecule has 112 valence electrons. The van der Waals surface area contributed by atoms with E-state index in [2.05, 4.69) is 10.2 Å². The summed E-state index contributed by atoms with van der Waals surface area (Å²) in [6.07, 6.45) is 5.47. The third-order valence-corrected chi connectivity index (χ3v) is 4.15. The van der Waals surface area contributed by atoms with E-state index < -0.39 is 0 Å². The second-order valence-corrected chi connectivity index (χ2v) is 5.55. The lowest BCUT2D eigenvalue weighted by Crippen LogP contribution is -2.39. The second-order valence-electron chi connectivity index (χ2n) is 5.55. The number of likely N-dealkylation sites (tertiary alicyclic amines) is 1. The van der Waals surface area contributed by atoms with Gasteiger partial charge in [0.15, 0.2) is 11.4 Å². The van der Waals surface area contributed by atoms with Gasteiger partial charge >= 0.3 is 0 Å². The van der Waals surface area contributed by atoms with Crippen LogP contribution in [0.5, 0.6) is 0 Å². The lowest BCUT2D eigenvalue weighted by Gasteiger charge is -2.31. The van der Waals surface area contributed by atoms with Gasteiger partial charge in [0.1, 0.15) is 5.82 Å². The van der Waals surface area contributed by atoms with E-state index >= 15 is 0 Å². The molecule has 6 nitrogen and oxygen atoms in total. The summed E-state index contributed by atoms with van der Waals surface area (Å²) < 4.78 is 7.23. The third-order valence-electron chi connectivity index (χ3n) is 4.15. The maximum Gasteiger partial charge on any atom is 0.289 e. The lowest BCUT2D eigenvalue weighted by atomic mass is 9.97. The average Bonchev–Trinajstić information content (AvgIpc) is 3.24. The zero-order valence-corrected chi connectivity index (χ0v) is 12.1. The van der Waals surface area contributed by atoms with Crippen LogP contribution in [0.25, 0.3) is 5.65 Å². The number of fused-ring (bicyclic) bond motifs is 1. The summed E-state index contributed by atoms with van der Waals surface area (Å²) in [6.45, 7) is 1.40. The highest BCUT2D eigenvalue weighted by Gasteiger charge is 2.29. The van der Waals surface area contributed by atoms with Gasteiger partial charge in [0.2, 0.25) is 0 Å². The molecule has 3 aromatic rings. The molecule has 0 unspecified atom stereocenters. The monoisotopic (exact) mass is 296 g/mol. The Morgan fingerprint density at radius 2 is 2.18 bits per heavy atom. The SMILES string of the molecule is O=C(c1ccco1)N1CCC[C@@H](c2nnc3ccccn23)C1. The number of carbonyl (C=O) groups is 1. The van der Waals surface area contributed by atoms with Crippen molar-refractivity contribution in [3.8, 4) is 0 Å². The number of rotatable bonds is 2. The van der Waals surface area contributed by atoms with Crippen molar-refractivity contribution in [2.45, 2.75) is 18.8 Å². The highest BCUT2D eigenvalue weighted by atomic mass is 16.3. The van der Waals surface area contributed by atoms with Crippen molar-refractivity contribution < 1.29 is 9.21 Å². The molecule has 0 spiro atoms. The fourth-order valence-corrected chi connectivity index (χ4v) is 3.07. The van der Waals surface area contributed by atoms with Gasteiger partial charge in [0.05, 0.1) is 6.26 Å². The van der Waals surface area contributed by atoms with Crippen LogP contribution < -0.4 is 0 Å². The van der Waals surface area contributed by atoms with Crippen LogP contribution in [-0.2, 0) is 0 Å². The zero-order valence-electron chi connectivity index (χ0n) is 12.1. The molecule has 1 saturated heterocycles. The Morgan fingerprint density at radius 1 is 1.23 bits per heavy atom. The van der Waals surface area contributed by atoms with Crippen molar-refractivity contribution in [2.24, 2.45) is 0 Å². The Hall–Kier alpha value is -2.63. The van der Waals surface area contributed by atoms with E-state index in [0.717, 1.165) is 30.9 Å². The Kier molecular flexibility index (Phi) is 3.14. The summed E-state index contributed by atoms with van der Waals surface area (Å²) in [7, 11) is 0. The van der Waals surface area contributed by atoms with Gasteiger partial charge < -0.3 is 9.32 Å². The Balaban J connectivity index is 1.60. The van der Waals surface area contributed by atoms with E-state index in [1.54, 1.807) is 12.1 Å². The number of hydrogen-bond donors (Lipinski definition) is 0. The quantitative estimate of drug-likeness (QED) is 0.728. The molecule has 4 rings (SSSR count). The van der Waals surface area contributed by atoms with Gasteiger partial charge in [-0.2, -0.15) is 0 Å². The number of nitrogens with zero attached hydrogens (tertiary/aromatic N) is 4. The van der Waals surface area contributed by atoms with Gasteiger partial charge in [-0.05, 0) is 37.1 Å². The number of carbonyl (C=O) groups excluding carboxylic acids is 1. The van der Waals surface area contributed by atoms with E-state index in [1.165, 1.54) is 6.26 Å². The average molecular weight is 296 g/mol. The first-order valence-corrected chi connectivity index (χ1v) is 7.45. The lowest BCUT2D eigenvalue weighted by molar-refractivity contribution is 0.0672. The summed E-state index contributed by atoms with van der Waals surface area (Å²) in [5.41, 5.74) is 0.840. The number of amides is 1. The van der Waals surface area contributed by atoms with Gasteiger partial charge in [-0.25, -0.2) is 0 Å². The molecule has 0 bridgehead atoms. The molecule has 1 atom stereocenters. The predicted octanol–water partition coefficient (Wildman–Crippen LogP) is 2.34. The van der Waals surface area contributed by atoms with E-state index in [4.69, 9.17) is 4.42 Å². The topological polar surface area (TPSA) is 63.6 Å². The molecule has 0 saturated carbocycles. The fourth-order valence-electron chi connectivity index (χ4n) is 3.07. The maximum absolute atomic E-state index is 12.4. The maximum atomic E-state index is 12.4. The van der Waals surface area contributed by atoms with Crippen LogP contribution in [0.15, 0.2) is 47.2 Å². The zero-order chi connectivity index (χ0) is 14.9. The largest absolute Gasteiger partial charge is 0.459 e. The first-order valence-electron chi connectivity index (χ1n) is 7.45. The minimum absolute atomic E-state index is 0.0523. The van der Waals surface area contributed by atoms with Crippen LogP contribution in [0.2, 0.25) is 0 Å². The second kappa shape index (κ2) is 5.29. The summed E-state index contributed by atoms with van der Waals surface area (Å²) in [6, 6.07) is 9.29. The van der Waals surface area contributed by atoms with E-state index in [1.807, 2.05) is 33.7 Å². The third kappa shape index (κ3) is 2.16. The van der Waals surface area contributed by atoms with Crippen LogP contribution in [0.1, 0.15) is 35.1 Å². The van der Waals surface area contributed by atoms with Crippen molar-refractivity contribution in [2.75, 3.05) is 13.1 Å². The molecule has 1 aliphatic rings. The number of aromatic nitrogens is 3. The molecule has 1 fully saturated rings. The van der Waals surface area contributed by atoms with Crippen molar-refractivity contribution in [3.63, 3.8) is 0 Å². The molecular formula is C16H16N4O2. The minimum Gasteiger partial charge on any atom is -0.459 e. The molecule has 1 amide bonds. The predicted molar refractivity (Wildman–Crippen MR) is 79.6 cm³/mol. The summed E-state index contributed by atoms with van der Waals surface area (Å²) >= 11 is 0. The van der Waals surface area contributed by atoms with Gasteiger partial charge in [-0.3, -0.25) is 9.20 Å². The molecular weight excluding hydrogens is 280 g/mol. The van der Waals surface area contributed by atoms with Crippen molar-refractivity contribution >= 4 is 11.6 Å². The van der Waals surface area contributed by atoms with Crippen LogP contribution >= 0.6 is 0 Å². The first-order chi connectivity index (χ1) is 10.8. The van der Waals surface area contributed by atoms with Gasteiger partial charge in [0.25, 0.3) is 5.91 Å². The van der Waals surface area contributed by atoms with Gasteiger partial charge in [0, 0.05) is 25.2 Å². The van der Waals surface area contributed by atoms with Crippen LogP contribution in [0.4, 0.5) is 0 Å². The fraction of sp³-hybridized carbons (Fsp3) is 0.312. The van der Waals surface area contributed by atoms with Gasteiger partial charge in [-0.1, -0.05) is 6.07 Å². The molecule has 6 heteroatoms. The number of pyridine rings is 1. The molecule has 0 N–H and O–H groups in total. The molecule has 0 aliphatic carbocycles. The molecule has 3 aromatic heterocycles. The first kappa shape index (κ1) is 13.1. The number of furan rings is 1. The smallest absolute Gasteiger partial charge is 0.289 e. The van der Waals surface area contributed by atoms with Crippen molar-refractivity contribution in [3.05, 3.63) is 54.4 Å². The van der Waals surface area contributed by atoms with Gasteiger partial charge in [-0.15, -0.1) is 10.2 Å². The minimum atomic E-state index is -0.0523. The Bertz CT molecular complexity index is 793. The van der Waals surface area contributed by atoms with E-state index in [9.17, 15) is 4.79 Å². The normalized spacial score (nSPS) is 18.7. The molecule has 0 aromatic carbocycles. The van der Waals surface area contributed by atoms with Crippen LogP contribution in [0, 0.1) is 0 Å². The van der Waals surface area contributed by atoms with E-state index in [0.29, 0.717) is 12.3 Å².